The molecule has 3 aromatic rings. The zero-order valence-corrected chi connectivity index (χ0v) is 15.4. The minimum atomic E-state index is -0.962. The first kappa shape index (κ1) is 18.8. The van der Waals surface area contributed by atoms with Crippen LogP contribution in [0.1, 0.15) is 34.6 Å². The number of aliphatic hydroxyl groups is 1. The highest BCUT2D eigenvalue weighted by atomic mass is 19.1. The van der Waals surface area contributed by atoms with Crippen LogP contribution in [0.5, 0.6) is 0 Å². The SMILES string of the molecule is CCOC(=O)c1cnc2c(c(C)nn2C)c1NCC(O)c1cccc(F)c1. The van der Waals surface area contributed by atoms with E-state index in [2.05, 4.69) is 15.4 Å². The monoisotopic (exact) mass is 372 g/mol. The molecule has 0 bridgehead atoms. The second kappa shape index (κ2) is 7.71. The molecule has 0 spiro atoms. The number of nitrogens with one attached hydrogen (secondary N) is 1. The van der Waals surface area contributed by atoms with Crippen molar-refractivity contribution in [3.8, 4) is 0 Å². The Morgan fingerprint density at radius 3 is 2.93 bits per heavy atom. The average Bonchev–Trinajstić information content (AvgIpc) is 2.93. The van der Waals surface area contributed by atoms with Gasteiger partial charge in [-0.2, -0.15) is 5.10 Å². The summed E-state index contributed by atoms with van der Waals surface area (Å²) in [6.45, 7) is 3.84. The van der Waals surface area contributed by atoms with Crippen LogP contribution in [-0.2, 0) is 11.8 Å². The van der Waals surface area contributed by atoms with Crippen LogP contribution in [0, 0.1) is 12.7 Å². The second-order valence-electron chi connectivity index (χ2n) is 6.13. The summed E-state index contributed by atoms with van der Waals surface area (Å²) in [4.78, 5) is 16.7. The van der Waals surface area contributed by atoms with E-state index in [1.54, 1.807) is 24.7 Å². The first-order valence-electron chi connectivity index (χ1n) is 8.59. The van der Waals surface area contributed by atoms with Crippen molar-refractivity contribution in [2.24, 2.45) is 7.05 Å². The molecule has 0 saturated heterocycles. The topological polar surface area (TPSA) is 89.3 Å². The minimum absolute atomic E-state index is 0.0727. The number of pyridine rings is 1. The predicted octanol–water partition coefficient (Wildman–Crippen LogP) is 2.74. The third kappa shape index (κ3) is 3.75. The van der Waals surface area contributed by atoms with Crippen molar-refractivity contribution in [2.75, 3.05) is 18.5 Å². The van der Waals surface area contributed by atoms with Gasteiger partial charge in [0.25, 0.3) is 0 Å². The van der Waals surface area contributed by atoms with E-state index in [-0.39, 0.29) is 18.7 Å². The Hall–Kier alpha value is -3.00. The summed E-state index contributed by atoms with van der Waals surface area (Å²) in [6.07, 6.45) is 0.467. The maximum atomic E-state index is 13.4. The van der Waals surface area contributed by atoms with E-state index in [4.69, 9.17) is 4.74 Å². The molecular weight excluding hydrogens is 351 g/mol. The van der Waals surface area contributed by atoms with Gasteiger partial charge in [-0.25, -0.2) is 14.2 Å². The number of hydrogen-bond donors (Lipinski definition) is 2. The average molecular weight is 372 g/mol. The number of fused-ring (bicyclic) bond motifs is 1. The van der Waals surface area contributed by atoms with Crippen molar-refractivity contribution in [3.05, 3.63) is 53.1 Å². The third-order valence-corrected chi connectivity index (χ3v) is 4.23. The Kier molecular flexibility index (Phi) is 5.36. The molecule has 1 aromatic carbocycles. The molecule has 1 unspecified atom stereocenters. The lowest BCUT2D eigenvalue weighted by molar-refractivity contribution is 0.0527. The molecule has 8 heteroatoms. The summed E-state index contributed by atoms with van der Waals surface area (Å²) >= 11 is 0. The van der Waals surface area contributed by atoms with Gasteiger partial charge < -0.3 is 15.2 Å². The van der Waals surface area contributed by atoms with Gasteiger partial charge in [0.15, 0.2) is 5.65 Å². The maximum absolute atomic E-state index is 13.4. The zero-order chi connectivity index (χ0) is 19.6. The third-order valence-electron chi connectivity index (χ3n) is 4.23. The van der Waals surface area contributed by atoms with Crippen molar-refractivity contribution in [2.45, 2.75) is 20.0 Å². The minimum Gasteiger partial charge on any atom is -0.462 e. The predicted molar refractivity (Wildman–Crippen MR) is 99.1 cm³/mol. The highest BCUT2D eigenvalue weighted by Gasteiger charge is 2.21. The van der Waals surface area contributed by atoms with Crippen LogP contribution in [-0.4, -0.2) is 39.0 Å². The Bertz CT molecular complexity index is 986. The number of rotatable bonds is 6. The number of halogens is 1. The number of carbonyl (C=O) groups is 1. The molecule has 0 radical (unpaired) electrons. The quantitative estimate of drug-likeness (QED) is 0.647. The van der Waals surface area contributed by atoms with Gasteiger partial charge in [-0.3, -0.25) is 4.68 Å². The Morgan fingerprint density at radius 2 is 2.22 bits per heavy atom. The number of anilines is 1. The van der Waals surface area contributed by atoms with Crippen molar-refractivity contribution >= 4 is 22.7 Å². The lowest BCUT2D eigenvalue weighted by Crippen LogP contribution is -2.16. The van der Waals surface area contributed by atoms with Gasteiger partial charge in [0.05, 0.1) is 29.5 Å². The number of aliphatic hydroxyl groups excluding tert-OH is 1. The molecule has 7 nitrogen and oxygen atoms in total. The van der Waals surface area contributed by atoms with Gasteiger partial charge in [0.1, 0.15) is 11.4 Å². The molecule has 0 saturated carbocycles. The molecule has 3 rings (SSSR count). The summed E-state index contributed by atoms with van der Waals surface area (Å²) in [5, 5.41) is 18.5. The summed E-state index contributed by atoms with van der Waals surface area (Å²) in [6, 6.07) is 5.76. The number of benzene rings is 1. The molecule has 0 aliphatic carbocycles. The molecular formula is C19H21FN4O3. The molecule has 1 atom stereocenters. The summed E-state index contributed by atoms with van der Waals surface area (Å²) in [5.41, 5.74) is 2.47. The van der Waals surface area contributed by atoms with E-state index in [0.717, 1.165) is 0 Å². The van der Waals surface area contributed by atoms with Crippen LogP contribution in [0.2, 0.25) is 0 Å². The van der Waals surface area contributed by atoms with Gasteiger partial charge in [0.2, 0.25) is 0 Å². The van der Waals surface area contributed by atoms with E-state index in [0.29, 0.717) is 28.0 Å². The molecule has 142 valence electrons. The molecule has 0 fully saturated rings. The van der Waals surface area contributed by atoms with Crippen LogP contribution < -0.4 is 5.32 Å². The Balaban J connectivity index is 1.97. The molecule has 0 amide bonds. The largest absolute Gasteiger partial charge is 0.462 e. The van der Waals surface area contributed by atoms with Gasteiger partial charge in [0, 0.05) is 19.8 Å². The van der Waals surface area contributed by atoms with E-state index < -0.39 is 17.9 Å². The number of aryl methyl sites for hydroxylation is 2. The normalized spacial score (nSPS) is 12.2. The number of carbonyl (C=O) groups excluding carboxylic acids is 1. The first-order valence-corrected chi connectivity index (χ1v) is 8.59. The number of esters is 1. The van der Waals surface area contributed by atoms with Gasteiger partial charge in [-0.1, -0.05) is 12.1 Å². The van der Waals surface area contributed by atoms with E-state index in [1.807, 2.05) is 6.92 Å². The summed E-state index contributed by atoms with van der Waals surface area (Å²) in [5.74, 6) is -0.939. The Labute approximate surface area is 155 Å². The second-order valence-corrected chi connectivity index (χ2v) is 6.13. The van der Waals surface area contributed by atoms with E-state index in [1.165, 1.54) is 24.4 Å². The van der Waals surface area contributed by atoms with Crippen LogP contribution in [0.15, 0.2) is 30.5 Å². The fraction of sp³-hybridized carbons (Fsp3) is 0.316. The Morgan fingerprint density at radius 1 is 1.44 bits per heavy atom. The lowest BCUT2D eigenvalue weighted by atomic mass is 10.1. The van der Waals surface area contributed by atoms with Crippen LogP contribution in [0.3, 0.4) is 0 Å². The van der Waals surface area contributed by atoms with E-state index in [9.17, 15) is 14.3 Å². The first-order chi connectivity index (χ1) is 12.9. The van der Waals surface area contributed by atoms with Gasteiger partial charge in [-0.05, 0) is 31.5 Å². The van der Waals surface area contributed by atoms with Crippen LogP contribution in [0.4, 0.5) is 10.1 Å². The molecule has 2 heterocycles. The van der Waals surface area contributed by atoms with Gasteiger partial charge in [-0.15, -0.1) is 0 Å². The molecule has 27 heavy (non-hydrogen) atoms. The number of aromatic nitrogens is 3. The van der Waals surface area contributed by atoms with Crippen LogP contribution >= 0.6 is 0 Å². The van der Waals surface area contributed by atoms with Crippen molar-refractivity contribution in [1.29, 1.82) is 0 Å². The maximum Gasteiger partial charge on any atom is 0.341 e. The lowest BCUT2D eigenvalue weighted by Gasteiger charge is -2.16. The van der Waals surface area contributed by atoms with Crippen LogP contribution in [0.25, 0.3) is 11.0 Å². The number of hydrogen-bond acceptors (Lipinski definition) is 6. The molecule has 0 aliphatic heterocycles. The fourth-order valence-corrected chi connectivity index (χ4v) is 2.99. The highest BCUT2D eigenvalue weighted by Crippen LogP contribution is 2.30. The fourth-order valence-electron chi connectivity index (χ4n) is 2.99. The molecule has 2 aromatic heterocycles. The number of nitrogens with zero attached hydrogens (tertiary/aromatic N) is 3. The smallest absolute Gasteiger partial charge is 0.341 e. The van der Waals surface area contributed by atoms with Gasteiger partial charge >= 0.3 is 5.97 Å². The van der Waals surface area contributed by atoms with Crippen molar-refractivity contribution < 1.29 is 19.0 Å². The molecule has 2 N–H and O–H groups in total. The standard InChI is InChI=1S/C19H21FN4O3/c1-4-27-19(26)14-9-22-18-16(11(2)23-24(18)3)17(14)21-10-15(25)12-6-5-7-13(20)8-12/h5-9,15,25H,4,10H2,1-3H3,(H,21,22). The summed E-state index contributed by atoms with van der Waals surface area (Å²) in [7, 11) is 1.76. The zero-order valence-electron chi connectivity index (χ0n) is 15.4. The molecule has 0 aliphatic rings. The van der Waals surface area contributed by atoms with E-state index >= 15 is 0 Å². The highest BCUT2D eigenvalue weighted by molar-refractivity contribution is 6.05. The number of ether oxygens (including phenoxy) is 1. The van der Waals surface area contributed by atoms with Crippen molar-refractivity contribution in [1.82, 2.24) is 14.8 Å². The van der Waals surface area contributed by atoms with Crippen molar-refractivity contribution in [3.63, 3.8) is 0 Å². The summed E-state index contributed by atoms with van der Waals surface area (Å²) < 4.78 is 20.1.